The standard InChI is InChI=1S/C12H19N3O/c1-9-3-4-12(16)11(14-9)8-15(2)10-5-6-13-7-10/h3-4,10,13,16H,5-8H2,1-2H3. The quantitative estimate of drug-likeness (QED) is 0.796. The molecule has 2 N–H and O–H groups in total. The van der Waals surface area contributed by atoms with Gasteiger partial charge in [-0.25, -0.2) is 0 Å². The third-order valence-corrected chi connectivity index (χ3v) is 3.15. The van der Waals surface area contributed by atoms with Gasteiger partial charge < -0.3 is 10.4 Å². The van der Waals surface area contributed by atoms with E-state index in [4.69, 9.17) is 0 Å². The van der Waals surface area contributed by atoms with Crippen LogP contribution in [0.15, 0.2) is 12.1 Å². The lowest BCUT2D eigenvalue weighted by atomic mass is 10.2. The summed E-state index contributed by atoms with van der Waals surface area (Å²) in [4.78, 5) is 6.62. The van der Waals surface area contributed by atoms with Crippen molar-refractivity contribution in [1.82, 2.24) is 15.2 Å². The second-order valence-corrected chi connectivity index (χ2v) is 4.48. The monoisotopic (exact) mass is 221 g/mol. The van der Waals surface area contributed by atoms with Crippen LogP contribution < -0.4 is 5.32 Å². The number of aryl methyl sites for hydroxylation is 1. The first-order valence-electron chi connectivity index (χ1n) is 5.73. The predicted molar refractivity (Wildman–Crippen MR) is 63.4 cm³/mol. The highest BCUT2D eigenvalue weighted by Gasteiger charge is 2.20. The molecule has 0 bridgehead atoms. The lowest BCUT2D eigenvalue weighted by molar-refractivity contribution is 0.242. The normalized spacial score (nSPS) is 20.6. The summed E-state index contributed by atoms with van der Waals surface area (Å²) in [6, 6.07) is 4.11. The van der Waals surface area contributed by atoms with Crippen molar-refractivity contribution in [1.29, 1.82) is 0 Å². The summed E-state index contributed by atoms with van der Waals surface area (Å²) in [6.45, 7) is 4.77. The van der Waals surface area contributed by atoms with Crippen molar-refractivity contribution < 1.29 is 5.11 Å². The van der Waals surface area contributed by atoms with Crippen molar-refractivity contribution >= 4 is 0 Å². The molecule has 4 heteroatoms. The molecule has 16 heavy (non-hydrogen) atoms. The summed E-state index contributed by atoms with van der Waals surface area (Å²) in [5, 5.41) is 13.1. The third-order valence-electron chi connectivity index (χ3n) is 3.15. The first kappa shape index (κ1) is 11.4. The van der Waals surface area contributed by atoms with Crippen LogP contribution in [-0.2, 0) is 6.54 Å². The van der Waals surface area contributed by atoms with Crippen LogP contribution in [0.3, 0.4) is 0 Å². The minimum absolute atomic E-state index is 0.295. The Morgan fingerprint density at radius 1 is 1.56 bits per heavy atom. The number of pyridine rings is 1. The van der Waals surface area contributed by atoms with Crippen molar-refractivity contribution in [3.05, 3.63) is 23.5 Å². The first-order chi connectivity index (χ1) is 7.66. The van der Waals surface area contributed by atoms with Crippen LogP contribution in [0, 0.1) is 6.92 Å². The molecule has 4 nitrogen and oxygen atoms in total. The molecule has 0 amide bonds. The SMILES string of the molecule is Cc1ccc(O)c(CN(C)C2CCNC2)n1. The summed E-state index contributed by atoms with van der Waals surface area (Å²) in [6.07, 6.45) is 1.17. The molecule has 2 heterocycles. The van der Waals surface area contributed by atoms with Crippen LogP contribution in [0.1, 0.15) is 17.8 Å². The van der Waals surface area contributed by atoms with Gasteiger partial charge >= 0.3 is 0 Å². The number of nitrogens with one attached hydrogen (secondary N) is 1. The molecule has 1 aliphatic rings. The summed E-state index contributed by atoms with van der Waals surface area (Å²) >= 11 is 0. The molecular weight excluding hydrogens is 202 g/mol. The zero-order valence-electron chi connectivity index (χ0n) is 9.90. The van der Waals surface area contributed by atoms with Gasteiger partial charge in [0.2, 0.25) is 0 Å². The molecule has 2 rings (SSSR count). The predicted octanol–water partition coefficient (Wildman–Crippen LogP) is 0.889. The first-order valence-corrected chi connectivity index (χ1v) is 5.73. The van der Waals surface area contributed by atoms with E-state index in [1.165, 1.54) is 6.42 Å². The maximum absolute atomic E-state index is 9.72. The van der Waals surface area contributed by atoms with Crippen LogP contribution in [0.2, 0.25) is 0 Å². The molecule has 1 aliphatic heterocycles. The molecule has 0 aliphatic carbocycles. The molecule has 88 valence electrons. The zero-order valence-corrected chi connectivity index (χ0v) is 9.90. The fourth-order valence-corrected chi connectivity index (χ4v) is 2.10. The van der Waals surface area contributed by atoms with Gasteiger partial charge in [0, 0.05) is 24.8 Å². The summed E-state index contributed by atoms with van der Waals surface area (Å²) in [5.74, 6) is 0.295. The molecule has 0 radical (unpaired) electrons. The Labute approximate surface area is 96.3 Å². The van der Waals surface area contributed by atoms with Crippen molar-refractivity contribution in [3.8, 4) is 5.75 Å². The highest BCUT2D eigenvalue weighted by atomic mass is 16.3. The van der Waals surface area contributed by atoms with E-state index in [0.717, 1.165) is 24.5 Å². The van der Waals surface area contributed by atoms with Gasteiger partial charge in [-0.15, -0.1) is 0 Å². The molecule has 1 atom stereocenters. The zero-order chi connectivity index (χ0) is 11.5. The Balaban J connectivity index is 2.04. The van der Waals surface area contributed by atoms with Crippen molar-refractivity contribution in [2.45, 2.75) is 25.9 Å². The highest BCUT2D eigenvalue weighted by Crippen LogP contribution is 2.18. The van der Waals surface area contributed by atoms with Gasteiger partial charge in [0.25, 0.3) is 0 Å². The minimum Gasteiger partial charge on any atom is -0.506 e. The van der Waals surface area contributed by atoms with Gasteiger partial charge in [-0.3, -0.25) is 9.88 Å². The molecule has 1 unspecified atom stereocenters. The molecule has 1 aromatic heterocycles. The Bertz CT molecular complexity index is 361. The summed E-state index contributed by atoms with van der Waals surface area (Å²) in [5.41, 5.74) is 1.72. The number of aromatic nitrogens is 1. The van der Waals surface area contributed by atoms with Gasteiger partial charge in [-0.2, -0.15) is 0 Å². The largest absolute Gasteiger partial charge is 0.506 e. The van der Waals surface area contributed by atoms with E-state index in [0.29, 0.717) is 18.3 Å². The van der Waals surface area contributed by atoms with E-state index in [-0.39, 0.29) is 0 Å². The number of hydrogen-bond acceptors (Lipinski definition) is 4. The maximum atomic E-state index is 9.72. The lowest BCUT2D eigenvalue weighted by Crippen LogP contribution is -2.33. The fraction of sp³-hybridized carbons (Fsp3) is 0.583. The van der Waals surface area contributed by atoms with Crippen molar-refractivity contribution in [2.24, 2.45) is 0 Å². The van der Waals surface area contributed by atoms with Crippen LogP contribution in [0.25, 0.3) is 0 Å². The van der Waals surface area contributed by atoms with Crippen LogP contribution >= 0.6 is 0 Å². The molecule has 0 saturated carbocycles. The van der Waals surface area contributed by atoms with E-state index < -0.39 is 0 Å². The molecule has 0 spiro atoms. The molecule has 1 aromatic rings. The van der Waals surface area contributed by atoms with Crippen LogP contribution in [0.5, 0.6) is 5.75 Å². The summed E-state index contributed by atoms with van der Waals surface area (Å²) in [7, 11) is 2.08. The highest BCUT2D eigenvalue weighted by molar-refractivity contribution is 5.27. The maximum Gasteiger partial charge on any atom is 0.138 e. The molecule has 0 aromatic carbocycles. The Morgan fingerprint density at radius 2 is 2.38 bits per heavy atom. The number of likely N-dealkylation sites (N-methyl/N-ethyl adjacent to an activating group) is 1. The smallest absolute Gasteiger partial charge is 0.138 e. The van der Waals surface area contributed by atoms with Gasteiger partial charge in [0.05, 0.1) is 5.69 Å². The Kier molecular flexibility index (Phi) is 3.41. The van der Waals surface area contributed by atoms with E-state index in [1.54, 1.807) is 6.07 Å². The van der Waals surface area contributed by atoms with Crippen LogP contribution in [-0.4, -0.2) is 41.2 Å². The number of nitrogens with zero attached hydrogens (tertiary/aromatic N) is 2. The van der Waals surface area contributed by atoms with Crippen molar-refractivity contribution in [3.63, 3.8) is 0 Å². The second-order valence-electron chi connectivity index (χ2n) is 4.48. The van der Waals surface area contributed by atoms with Gasteiger partial charge in [-0.05, 0) is 39.1 Å². The minimum atomic E-state index is 0.295. The van der Waals surface area contributed by atoms with Crippen LogP contribution in [0.4, 0.5) is 0 Å². The van der Waals surface area contributed by atoms with Crippen molar-refractivity contribution in [2.75, 3.05) is 20.1 Å². The molecule has 1 saturated heterocycles. The average molecular weight is 221 g/mol. The van der Waals surface area contributed by atoms with Gasteiger partial charge in [-0.1, -0.05) is 0 Å². The Hall–Kier alpha value is -1.13. The lowest BCUT2D eigenvalue weighted by Gasteiger charge is -2.23. The number of hydrogen-bond donors (Lipinski definition) is 2. The third kappa shape index (κ3) is 2.51. The number of rotatable bonds is 3. The average Bonchev–Trinajstić information content (AvgIpc) is 2.76. The molecule has 1 fully saturated rings. The summed E-state index contributed by atoms with van der Waals surface area (Å²) < 4.78 is 0. The number of aromatic hydroxyl groups is 1. The Morgan fingerprint density at radius 3 is 3.06 bits per heavy atom. The second kappa shape index (κ2) is 4.80. The van der Waals surface area contributed by atoms with Gasteiger partial charge in [0.1, 0.15) is 5.75 Å². The van der Waals surface area contributed by atoms with E-state index in [2.05, 4.69) is 22.2 Å². The van der Waals surface area contributed by atoms with E-state index >= 15 is 0 Å². The molecular formula is C12H19N3O. The van der Waals surface area contributed by atoms with E-state index in [1.807, 2.05) is 13.0 Å². The van der Waals surface area contributed by atoms with E-state index in [9.17, 15) is 5.11 Å². The van der Waals surface area contributed by atoms with Gasteiger partial charge in [0.15, 0.2) is 0 Å². The topological polar surface area (TPSA) is 48.4 Å². The fourth-order valence-electron chi connectivity index (χ4n) is 2.10.